The molecule has 0 fully saturated rings. The van der Waals surface area contributed by atoms with Gasteiger partial charge in [-0.25, -0.2) is 15.0 Å². The average Bonchev–Trinajstić information content (AvgIpc) is 1.52. The number of rotatable bonds is 12. The Hall–Kier alpha value is -13.8. The van der Waals surface area contributed by atoms with E-state index in [0.29, 0.717) is 34.2 Å². The lowest BCUT2D eigenvalue weighted by molar-refractivity contribution is 1.07. The van der Waals surface area contributed by atoms with Crippen molar-refractivity contribution in [3.8, 4) is 142 Å². The summed E-state index contributed by atoms with van der Waals surface area (Å²) in [6, 6.07) is 120. The van der Waals surface area contributed by atoms with Crippen molar-refractivity contribution in [2.24, 2.45) is 0 Å². The minimum Gasteiger partial charge on any atom is -0.309 e. The molecule has 0 atom stereocenters. The van der Waals surface area contributed by atoms with Crippen molar-refractivity contribution in [2.45, 2.75) is 0 Å². The molecule has 0 aliphatic carbocycles. The number of benzene rings is 14. The first kappa shape index (κ1) is 58.0. The van der Waals surface area contributed by atoms with Gasteiger partial charge in [0, 0.05) is 49.4 Å². The van der Waals surface area contributed by atoms with Gasteiger partial charge in [0.1, 0.15) is 0 Å². The summed E-state index contributed by atoms with van der Waals surface area (Å²) < 4.78 is 4.71. The lowest BCUT2D eigenvalue weighted by atomic mass is 9.98. The van der Waals surface area contributed by atoms with Gasteiger partial charge < -0.3 is 9.13 Å². The first-order valence-corrected chi connectivity index (χ1v) is 32.5. The van der Waals surface area contributed by atoms with E-state index in [2.05, 4.69) is 240 Å². The van der Waals surface area contributed by atoms with Crippen molar-refractivity contribution in [3.63, 3.8) is 0 Å². The summed E-state index contributed by atoms with van der Waals surface area (Å²) in [7, 11) is 0. The second-order valence-corrected chi connectivity index (χ2v) is 24.4. The first-order chi connectivity index (χ1) is 48.4. The van der Waals surface area contributed by atoms with Gasteiger partial charge in [0.15, 0.2) is 17.5 Å². The van der Waals surface area contributed by atoms with Crippen molar-refractivity contribution in [1.29, 1.82) is 15.8 Å². The maximum absolute atomic E-state index is 10.4. The minimum atomic E-state index is 0.439. The largest absolute Gasteiger partial charge is 0.309 e. The zero-order valence-corrected chi connectivity index (χ0v) is 52.8. The molecule has 98 heavy (non-hydrogen) atoms. The second-order valence-electron chi connectivity index (χ2n) is 24.4. The van der Waals surface area contributed by atoms with Crippen LogP contribution in [0.25, 0.3) is 167 Å². The van der Waals surface area contributed by atoms with E-state index >= 15 is 0 Å². The van der Waals surface area contributed by atoms with E-state index < -0.39 is 0 Å². The monoisotopic (exact) mass is 1250 g/mol. The molecule has 0 aliphatic rings. The number of fused-ring (bicyclic) bond motifs is 6. The Kier molecular flexibility index (Phi) is 14.5. The Labute approximate surface area is 566 Å². The average molecular weight is 1250 g/mol. The maximum Gasteiger partial charge on any atom is 0.164 e. The van der Waals surface area contributed by atoms with Crippen LogP contribution in [0.5, 0.6) is 0 Å². The van der Waals surface area contributed by atoms with E-state index in [1.165, 1.54) is 0 Å². The minimum absolute atomic E-state index is 0.439. The molecule has 0 N–H and O–H groups in total. The first-order valence-electron chi connectivity index (χ1n) is 32.5. The third-order valence-corrected chi connectivity index (χ3v) is 18.7. The molecule has 0 saturated heterocycles. The van der Waals surface area contributed by atoms with Crippen LogP contribution in [0.1, 0.15) is 16.7 Å². The molecule has 0 spiro atoms. The van der Waals surface area contributed by atoms with Crippen molar-refractivity contribution < 1.29 is 0 Å². The van der Waals surface area contributed by atoms with E-state index in [4.69, 9.17) is 15.0 Å². The summed E-state index contributed by atoms with van der Waals surface area (Å²) in [5.74, 6) is 1.32. The molecule has 0 amide bonds. The fraction of sp³-hybridized carbons (Fsp3) is 0. The summed E-state index contributed by atoms with van der Waals surface area (Å²) in [4.78, 5) is 16.5. The number of nitrogens with zero attached hydrogens (tertiary/aromatic N) is 8. The Morgan fingerprint density at radius 1 is 0.214 bits per heavy atom. The van der Waals surface area contributed by atoms with Crippen LogP contribution in [-0.2, 0) is 0 Å². The van der Waals surface area contributed by atoms with Gasteiger partial charge in [0.2, 0.25) is 0 Å². The van der Waals surface area contributed by atoms with Crippen molar-refractivity contribution in [3.05, 3.63) is 344 Å². The van der Waals surface area contributed by atoms with E-state index in [9.17, 15) is 15.8 Å². The zero-order valence-electron chi connectivity index (χ0n) is 52.8. The van der Waals surface area contributed by atoms with Gasteiger partial charge in [-0.05, 0) is 164 Å². The molecule has 14 aromatic carbocycles. The van der Waals surface area contributed by atoms with Crippen molar-refractivity contribution >= 4 is 43.6 Å². The third kappa shape index (κ3) is 10.5. The molecular weight excluding hydrogens is 1190 g/mol. The Bertz CT molecular complexity index is 5590. The fourth-order valence-corrected chi connectivity index (χ4v) is 13.9. The highest BCUT2D eigenvalue weighted by Crippen LogP contribution is 2.44. The highest BCUT2D eigenvalue weighted by Gasteiger charge is 2.24. The number of hydrogen-bond acceptors (Lipinski definition) is 6. The lowest BCUT2D eigenvalue weighted by Gasteiger charge is -2.18. The van der Waals surface area contributed by atoms with Crippen LogP contribution in [0.2, 0.25) is 0 Å². The molecule has 17 rings (SSSR count). The van der Waals surface area contributed by atoms with Gasteiger partial charge >= 0.3 is 0 Å². The number of nitriles is 3. The molecule has 17 aromatic rings. The smallest absolute Gasteiger partial charge is 0.164 e. The van der Waals surface area contributed by atoms with Crippen LogP contribution < -0.4 is 0 Å². The molecule has 0 radical (unpaired) electrons. The van der Waals surface area contributed by atoms with Gasteiger partial charge in [-0.3, -0.25) is 0 Å². The maximum atomic E-state index is 10.4. The van der Waals surface area contributed by atoms with E-state index in [1.54, 1.807) is 0 Å². The summed E-state index contributed by atoms with van der Waals surface area (Å²) in [5, 5.41) is 34.8. The normalized spacial score (nSPS) is 11.2. The Morgan fingerprint density at radius 3 is 0.878 bits per heavy atom. The molecule has 8 nitrogen and oxygen atoms in total. The number of hydrogen-bond donors (Lipinski definition) is 0. The highest BCUT2D eigenvalue weighted by molar-refractivity contribution is 6.14. The van der Waals surface area contributed by atoms with Gasteiger partial charge in [-0.2, -0.15) is 15.8 Å². The van der Waals surface area contributed by atoms with Crippen molar-refractivity contribution in [1.82, 2.24) is 24.1 Å². The number of aromatic nitrogens is 5. The van der Waals surface area contributed by atoms with Crippen LogP contribution in [0, 0.1) is 34.0 Å². The molecule has 454 valence electrons. The predicted molar refractivity (Wildman–Crippen MR) is 397 cm³/mol. The Balaban J connectivity index is 0.918. The molecule has 0 aliphatic heterocycles. The van der Waals surface area contributed by atoms with Crippen LogP contribution in [0.4, 0.5) is 0 Å². The second kappa shape index (κ2) is 24.6. The highest BCUT2D eigenvalue weighted by atomic mass is 15.0. The molecule has 0 unspecified atom stereocenters. The van der Waals surface area contributed by atoms with Gasteiger partial charge in [-0.1, -0.05) is 231 Å². The SMILES string of the molecule is N#Cc1ccc(-c2ccc(-c3nc(-c4cccc(-c5ccccc5C#N)c4)nc(-c4ccc(-c5ccc(C#N)cc5)c(-n5c6ccc(-c7ccccc7)cc6c6cc(-c7ccccc7)ccc65)c4)n3)cc2-n2c3ccc(-c4ccccc4)cc3c3cc(-c4ccccc4)ccc32)cc1. The molecule has 3 aromatic heterocycles. The summed E-state index contributed by atoms with van der Waals surface area (Å²) >= 11 is 0. The van der Waals surface area contributed by atoms with Crippen LogP contribution in [-0.4, -0.2) is 24.1 Å². The third-order valence-electron chi connectivity index (χ3n) is 18.7. The van der Waals surface area contributed by atoms with Crippen LogP contribution >= 0.6 is 0 Å². The summed E-state index contributed by atoms with van der Waals surface area (Å²) in [6.07, 6.45) is 0. The van der Waals surface area contributed by atoms with E-state index in [-0.39, 0.29) is 0 Å². The van der Waals surface area contributed by atoms with Gasteiger partial charge in [0.25, 0.3) is 0 Å². The quantitative estimate of drug-likeness (QED) is 0.120. The van der Waals surface area contributed by atoms with Crippen LogP contribution in [0.15, 0.2) is 328 Å². The topological polar surface area (TPSA) is 120 Å². The molecule has 3 heterocycles. The predicted octanol–water partition coefficient (Wildman–Crippen LogP) is 22.4. The van der Waals surface area contributed by atoms with Crippen LogP contribution in [0.3, 0.4) is 0 Å². The van der Waals surface area contributed by atoms with E-state index in [1.807, 2.05) is 115 Å². The van der Waals surface area contributed by atoms with Gasteiger partial charge in [0.05, 0.1) is 68.3 Å². The zero-order chi connectivity index (χ0) is 65.6. The molecule has 8 heteroatoms. The fourth-order valence-electron chi connectivity index (χ4n) is 13.9. The van der Waals surface area contributed by atoms with E-state index in [0.717, 1.165) is 150 Å². The Morgan fingerprint density at radius 2 is 0.520 bits per heavy atom. The standard InChI is InChI=1S/C90H54N8/c91-55-58-28-32-64(33-29-58)76-42-36-72(53-86(76)97-82-44-38-66(60-16-5-1-6-17-60)49-78(82)79-50-67(39-45-83(79)97)61-18-7-2-8-19-61)89-94-88(71-26-15-25-70(48-71)75-27-14-13-24-74(75)57-93)95-90(96-89)73-37-43-77(65-34-30-59(56-92)31-35-65)87(54-73)98-84-46-40-68(62-20-9-3-10-21-62)51-80(84)81-52-69(41-47-85(81)98)63-22-11-4-12-23-63/h1-54H. The summed E-state index contributed by atoms with van der Waals surface area (Å²) in [5.41, 5.74) is 24.0. The molecular formula is C90H54N8. The van der Waals surface area contributed by atoms with Crippen molar-refractivity contribution in [2.75, 3.05) is 0 Å². The molecule has 0 saturated carbocycles. The molecule has 0 bridgehead atoms. The lowest BCUT2D eigenvalue weighted by Crippen LogP contribution is -2.03. The summed E-state index contributed by atoms with van der Waals surface area (Å²) in [6.45, 7) is 0. The van der Waals surface area contributed by atoms with Gasteiger partial charge in [-0.15, -0.1) is 0 Å².